The number of aromatic nitrogens is 3. The van der Waals surface area contributed by atoms with Gasteiger partial charge in [-0.25, -0.2) is 4.79 Å². The van der Waals surface area contributed by atoms with Crippen molar-refractivity contribution in [1.82, 2.24) is 14.8 Å². The van der Waals surface area contributed by atoms with Crippen molar-refractivity contribution in [3.05, 3.63) is 30.6 Å². The third kappa shape index (κ3) is 3.75. The van der Waals surface area contributed by atoms with Crippen molar-refractivity contribution < 1.29 is 9.53 Å². The monoisotopic (exact) mass is 306 g/mol. The molecule has 2 rings (SSSR count). The molecule has 6 nitrogen and oxygen atoms in total. The molecule has 0 bridgehead atoms. The number of nitrogens with zero attached hydrogens (tertiary/aromatic N) is 4. The molecule has 1 amide bonds. The third-order valence-electron chi connectivity index (χ3n) is 2.94. The maximum atomic E-state index is 12.0. The number of aryl methyl sites for hydroxylation is 1. The summed E-state index contributed by atoms with van der Waals surface area (Å²) in [6, 6.07) is 5.62. The molecule has 0 aromatic carbocycles. The van der Waals surface area contributed by atoms with E-state index in [-0.39, 0.29) is 6.09 Å². The zero-order valence-electron chi connectivity index (χ0n) is 12.3. The summed E-state index contributed by atoms with van der Waals surface area (Å²) < 4.78 is 6.83. The maximum Gasteiger partial charge on any atom is 0.415 e. The van der Waals surface area contributed by atoms with Crippen LogP contribution in [0.25, 0.3) is 11.3 Å². The Bertz CT molecular complexity index is 600. The molecule has 0 aliphatic heterocycles. The molecule has 0 saturated heterocycles. The Morgan fingerprint density at radius 3 is 3.00 bits per heavy atom. The molecule has 0 aliphatic carbocycles. The molecule has 112 valence electrons. The van der Waals surface area contributed by atoms with Crippen LogP contribution in [-0.4, -0.2) is 46.5 Å². The van der Waals surface area contributed by atoms with E-state index in [1.165, 1.54) is 4.90 Å². The smallest absolute Gasteiger partial charge is 0.415 e. The van der Waals surface area contributed by atoms with E-state index in [1.54, 1.807) is 42.9 Å². The number of carbonyl (C=O) groups is 1. The number of thioether (sulfide) groups is 1. The highest BCUT2D eigenvalue weighted by Crippen LogP contribution is 2.22. The van der Waals surface area contributed by atoms with Gasteiger partial charge in [0.1, 0.15) is 12.4 Å². The van der Waals surface area contributed by atoms with Crippen LogP contribution in [-0.2, 0) is 11.8 Å². The lowest BCUT2D eigenvalue weighted by Crippen LogP contribution is -2.29. The van der Waals surface area contributed by atoms with E-state index in [0.29, 0.717) is 12.4 Å². The summed E-state index contributed by atoms with van der Waals surface area (Å²) in [5, 5.41) is 4.40. The molecule has 2 aromatic heterocycles. The Hall–Kier alpha value is -2.02. The molecule has 0 N–H and O–H groups in total. The molecule has 2 aromatic rings. The normalized spacial score (nSPS) is 10.4. The maximum absolute atomic E-state index is 12.0. The molecule has 21 heavy (non-hydrogen) atoms. The second kappa shape index (κ2) is 7.12. The van der Waals surface area contributed by atoms with Crippen molar-refractivity contribution in [3.8, 4) is 11.3 Å². The molecular formula is C14H18N4O2S. The van der Waals surface area contributed by atoms with Crippen LogP contribution in [0.3, 0.4) is 0 Å². The fourth-order valence-electron chi connectivity index (χ4n) is 1.83. The Kier molecular flexibility index (Phi) is 5.21. The largest absolute Gasteiger partial charge is 0.448 e. The van der Waals surface area contributed by atoms with Gasteiger partial charge in [0, 0.05) is 43.9 Å². The van der Waals surface area contributed by atoms with Gasteiger partial charge in [0.2, 0.25) is 0 Å². The summed E-state index contributed by atoms with van der Waals surface area (Å²) in [6.45, 7) is 0.400. The van der Waals surface area contributed by atoms with Crippen LogP contribution in [0.5, 0.6) is 0 Å². The number of hydrogen-bond acceptors (Lipinski definition) is 5. The molecule has 0 atom stereocenters. The predicted molar refractivity (Wildman–Crippen MR) is 84.6 cm³/mol. The van der Waals surface area contributed by atoms with E-state index in [0.717, 1.165) is 17.0 Å². The summed E-state index contributed by atoms with van der Waals surface area (Å²) >= 11 is 1.64. The Labute approximate surface area is 128 Å². The van der Waals surface area contributed by atoms with Gasteiger partial charge in [0.05, 0.1) is 5.69 Å². The zero-order valence-corrected chi connectivity index (χ0v) is 13.1. The van der Waals surface area contributed by atoms with Gasteiger partial charge in [-0.05, 0) is 18.4 Å². The Balaban J connectivity index is 2.13. The number of rotatable bonds is 5. The average molecular weight is 306 g/mol. The standard InChI is InChI=1S/C14H18N4O2S/c1-17(14(19)20-7-8-21-3)13-9-12(16-18(13)2)11-5-4-6-15-10-11/h4-6,9-10H,7-8H2,1-3H3. The molecule has 2 heterocycles. The SMILES string of the molecule is CSCCOC(=O)N(C)c1cc(-c2cccnc2)nn1C. The first-order chi connectivity index (χ1) is 10.1. The van der Waals surface area contributed by atoms with E-state index in [4.69, 9.17) is 4.74 Å². The van der Waals surface area contributed by atoms with Gasteiger partial charge >= 0.3 is 6.09 Å². The van der Waals surface area contributed by atoms with Gasteiger partial charge in [-0.3, -0.25) is 14.6 Å². The number of ether oxygens (including phenoxy) is 1. The van der Waals surface area contributed by atoms with E-state index in [2.05, 4.69) is 10.1 Å². The first kappa shape index (κ1) is 15.4. The van der Waals surface area contributed by atoms with Crippen LogP contribution >= 0.6 is 11.8 Å². The predicted octanol–water partition coefficient (Wildman–Crippen LogP) is 2.42. The molecule has 0 saturated carbocycles. The molecular weight excluding hydrogens is 288 g/mol. The van der Waals surface area contributed by atoms with Crippen LogP contribution in [0, 0.1) is 0 Å². The minimum atomic E-state index is -0.384. The minimum Gasteiger partial charge on any atom is -0.448 e. The average Bonchev–Trinajstić information content (AvgIpc) is 2.89. The first-order valence-corrected chi connectivity index (χ1v) is 7.86. The number of anilines is 1. The molecule has 7 heteroatoms. The summed E-state index contributed by atoms with van der Waals surface area (Å²) in [4.78, 5) is 17.5. The molecule has 0 fully saturated rings. The van der Waals surface area contributed by atoms with Crippen LogP contribution < -0.4 is 4.90 Å². The minimum absolute atomic E-state index is 0.384. The van der Waals surface area contributed by atoms with Crippen molar-refractivity contribution in [2.45, 2.75) is 0 Å². The fraction of sp³-hybridized carbons (Fsp3) is 0.357. The zero-order chi connectivity index (χ0) is 15.2. The summed E-state index contributed by atoms with van der Waals surface area (Å²) in [6.07, 6.45) is 5.04. The van der Waals surface area contributed by atoms with Gasteiger partial charge in [-0.1, -0.05) is 0 Å². The van der Waals surface area contributed by atoms with E-state index < -0.39 is 0 Å². The summed E-state index contributed by atoms with van der Waals surface area (Å²) in [7, 11) is 3.46. The summed E-state index contributed by atoms with van der Waals surface area (Å²) in [5.74, 6) is 1.45. The van der Waals surface area contributed by atoms with Gasteiger partial charge in [0.15, 0.2) is 0 Å². The van der Waals surface area contributed by atoms with Gasteiger partial charge in [0.25, 0.3) is 0 Å². The molecule has 0 spiro atoms. The highest BCUT2D eigenvalue weighted by Gasteiger charge is 2.17. The van der Waals surface area contributed by atoms with Gasteiger partial charge in [-0.2, -0.15) is 16.9 Å². The number of hydrogen-bond donors (Lipinski definition) is 0. The van der Waals surface area contributed by atoms with Crippen molar-refractivity contribution >= 4 is 23.7 Å². The highest BCUT2D eigenvalue weighted by atomic mass is 32.2. The lowest BCUT2D eigenvalue weighted by atomic mass is 10.2. The highest BCUT2D eigenvalue weighted by molar-refractivity contribution is 7.98. The number of carbonyl (C=O) groups excluding carboxylic acids is 1. The van der Waals surface area contributed by atoms with Crippen LogP contribution in [0.15, 0.2) is 30.6 Å². The van der Waals surface area contributed by atoms with Crippen molar-refractivity contribution in [2.24, 2.45) is 7.05 Å². The van der Waals surface area contributed by atoms with Crippen molar-refractivity contribution in [2.75, 3.05) is 30.6 Å². The second-order valence-electron chi connectivity index (χ2n) is 4.42. The van der Waals surface area contributed by atoms with E-state index in [1.807, 2.05) is 24.5 Å². The molecule has 0 aliphatic rings. The quantitative estimate of drug-likeness (QED) is 0.794. The summed E-state index contributed by atoms with van der Waals surface area (Å²) in [5.41, 5.74) is 1.67. The molecule has 0 radical (unpaired) electrons. The topological polar surface area (TPSA) is 60.2 Å². The van der Waals surface area contributed by atoms with Crippen molar-refractivity contribution in [3.63, 3.8) is 0 Å². The third-order valence-corrected chi connectivity index (χ3v) is 3.52. The first-order valence-electron chi connectivity index (χ1n) is 6.47. The second-order valence-corrected chi connectivity index (χ2v) is 5.40. The van der Waals surface area contributed by atoms with Crippen LogP contribution in [0.2, 0.25) is 0 Å². The number of amides is 1. The Morgan fingerprint density at radius 1 is 1.52 bits per heavy atom. The lowest BCUT2D eigenvalue weighted by Gasteiger charge is -2.16. The van der Waals surface area contributed by atoms with Crippen LogP contribution in [0.1, 0.15) is 0 Å². The lowest BCUT2D eigenvalue weighted by molar-refractivity contribution is 0.162. The van der Waals surface area contributed by atoms with E-state index in [9.17, 15) is 4.79 Å². The van der Waals surface area contributed by atoms with E-state index >= 15 is 0 Å². The number of pyridine rings is 1. The van der Waals surface area contributed by atoms with Crippen molar-refractivity contribution in [1.29, 1.82) is 0 Å². The van der Waals surface area contributed by atoms with Crippen LogP contribution in [0.4, 0.5) is 10.6 Å². The fourth-order valence-corrected chi connectivity index (χ4v) is 2.08. The molecule has 0 unspecified atom stereocenters. The van der Waals surface area contributed by atoms with Gasteiger partial charge < -0.3 is 4.74 Å². The van der Waals surface area contributed by atoms with Gasteiger partial charge in [-0.15, -0.1) is 0 Å². The Morgan fingerprint density at radius 2 is 2.33 bits per heavy atom.